The molecule has 0 radical (unpaired) electrons. The fourth-order valence-corrected chi connectivity index (χ4v) is 3.08. The second kappa shape index (κ2) is 8.64. The van der Waals surface area contributed by atoms with Crippen molar-refractivity contribution in [3.63, 3.8) is 0 Å². The molecule has 2 N–H and O–H groups in total. The first kappa shape index (κ1) is 18.2. The van der Waals surface area contributed by atoms with Gasteiger partial charge in [-0.15, -0.1) is 0 Å². The molecule has 0 atom stereocenters. The average molecular weight is 356 g/mol. The molecule has 3 heterocycles. The van der Waals surface area contributed by atoms with Gasteiger partial charge in [0.25, 0.3) is 0 Å². The van der Waals surface area contributed by atoms with Crippen LogP contribution in [-0.2, 0) is 13.6 Å². The Balaban J connectivity index is 1.55. The molecular weight excluding hydrogens is 328 g/mol. The number of piperidine rings is 1. The molecule has 2 aromatic heterocycles. The third kappa shape index (κ3) is 4.71. The lowest BCUT2D eigenvalue weighted by molar-refractivity contribution is 0.459. The SMILES string of the molecule is CCNC(=NCc1ncnn1C)NC1CCN(c2cccc(C)n2)CC1. The predicted octanol–water partition coefficient (Wildman–Crippen LogP) is 1.24. The summed E-state index contributed by atoms with van der Waals surface area (Å²) in [6.07, 6.45) is 3.67. The second-order valence-electron chi connectivity index (χ2n) is 6.54. The number of pyridine rings is 1. The van der Waals surface area contributed by atoms with Crippen LogP contribution in [-0.4, -0.2) is 51.4 Å². The number of nitrogens with zero attached hydrogens (tertiary/aromatic N) is 6. The largest absolute Gasteiger partial charge is 0.357 e. The van der Waals surface area contributed by atoms with Crippen molar-refractivity contribution in [2.24, 2.45) is 12.0 Å². The minimum atomic E-state index is 0.411. The van der Waals surface area contributed by atoms with Crippen LogP contribution in [0.25, 0.3) is 0 Å². The van der Waals surface area contributed by atoms with Crippen molar-refractivity contribution in [2.75, 3.05) is 24.5 Å². The van der Waals surface area contributed by atoms with E-state index < -0.39 is 0 Å². The van der Waals surface area contributed by atoms with E-state index in [4.69, 9.17) is 0 Å². The Morgan fingerprint density at radius 2 is 2.12 bits per heavy atom. The number of aromatic nitrogens is 4. The first-order valence-corrected chi connectivity index (χ1v) is 9.22. The number of guanidine groups is 1. The average Bonchev–Trinajstić information content (AvgIpc) is 3.05. The number of hydrogen-bond acceptors (Lipinski definition) is 5. The molecule has 140 valence electrons. The lowest BCUT2D eigenvalue weighted by atomic mass is 10.1. The van der Waals surface area contributed by atoms with Crippen molar-refractivity contribution in [3.05, 3.63) is 36.0 Å². The molecule has 0 spiro atoms. The fourth-order valence-electron chi connectivity index (χ4n) is 3.08. The molecule has 1 saturated heterocycles. The highest BCUT2D eigenvalue weighted by atomic mass is 15.3. The highest BCUT2D eigenvalue weighted by Gasteiger charge is 2.21. The van der Waals surface area contributed by atoms with Crippen LogP contribution in [0, 0.1) is 6.92 Å². The monoisotopic (exact) mass is 356 g/mol. The molecule has 1 aliphatic heterocycles. The number of aliphatic imine (C=N–C) groups is 1. The quantitative estimate of drug-likeness (QED) is 0.620. The van der Waals surface area contributed by atoms with Gasteiger partial charge in [-0.2, -0.15) is 5.10 Å². The Kier molecular flexibility index (Phi) is 6.04. The van der Waals surface area contributed by atoms with Gasteiger partial charge >= 0.3 is 0 Å². The maximum atomic E-state index is 4.64. The van der Waals surface area contributed by atoms with Crippen molar-refractivity contribution < 1.29 is 0 Å². The van der Waals surface area contributed by atoms with Crippen LogP contribution in [0.1, 0.15) is 31.3 Å². The second-order valence-corrected chi connectivity index (χ2v) is 6.54. The Labute approximate surface area is 154 Å². The first-order valence-electron chi connectivity index (χ1n) is 9.22. The third-order valence-electron chi connectivity index (χ3n) is 4.56. The molecule has 2 aromatic rings. The Bertz CT molecular complexity index is 730. The van der Waals surface area contributed by atoms with E-state index in [9.17, 15) is 0 Å². The standard InChI is InChI=1S/C18H28N8/c1-4-19-18(20-12-17-21-13-22-25(17)3)24-15-8-10-26(11-9-15)16-7-5-6-14(2)23-16/h5-7,13,15H,4,8-12H2,1-3H3,(H2,19,20,24). The van der Waals surface area contributed by atoms with E-state index in [1.807, 2.05) is 20.0 Å². The number of aryl methyl sites for hydroxylation is 2. The summed E-state index contributed by atoms with van der Waals surface area (Å²) in [5.41, 5.74) is 1.06. The van der Waals surface area contributed by atoms with Gasteiger partial charge in [0.05, 0.1) is 0 Å². The van der Waals surface area contributed by atoms with Crippen LogP contribution in [0.2, 0.25) is 0 Å². The van der Waals surface area contributed by atoms with E-state index in [-0.39, 0.29) is 0 Å². The van der Waals surface area contributed by atoms with Crippen LogP contribution < -0.4 is 15.5 Å². The molecule has 26 heavy (non-hydrogen) atoms. The molecule has 8 nitrogen and oxygen atoms in total. The van der Waals surface area contributed by atoms with E-state index >= 15 is 0 Å². The Morgan fingerprint density at radius 1 is 1.31 bits per heavy atom. The topological polar surface area (TPSA) is 83.3 Å². The molecule has 1 fully saturated rings. The van der Waals surface area contributed by atoms with Crippen molar-refractivity contribution >= 4 is 11.8 Å². The number of anilines is 1. The predicted molar refractivity (Wildman–Crippen MR) is 103 cm³/mol. The van der Waals surface area contributed by atoms with Crippen molar-refractivity contribution in [3.8, 4) is 0 Å². The summed E-state index contributed by atoms with van der Waals surface area (Å²) in [6.45, 7) is 7.45. The minimum Gasteiger partial charge on any atom is -0.357 e. The molecule has 0 amide bonds. The van der Waals surface area contributed by atoms with Gasteiger partial charge in [0.1, 0.15) is 24.5 Å². The summed E-state index contributed by atoms with van der Waals surface area (Å²) in [5, 5.41) is 11.0. The minimum absolute atomic E-state index is 0.411. The smallest absolute Gasteiger partial charge is 0.191 e. The van der Waals surface area contributed by atoms with E-state index in [2.05, 4.69) is 54.6 Å². The molecule has 3 rings (SSSR count). The van der Waals surface area contributed by atoms with Crippen LogP contribution in [0.4, 0.5) is 5.82 Å². The molecule has 1 aliphatic rings. The Hall–Kier alpha value is -2.64. The molecule has 0 aromatic carbocycles. The van der Waals surface area contributed by atoms with Gasteiger partial charge in [-0.25, -0.2) is 15.0 Å². The summed E-state index contributed by atoms with van der Waals surface area (Å²) in [7, 11) is 1.88. The highest BCUT2D eigenvalue weighted by molar-refractivity contribution is 5.80. The van der Waals surface area contributed by atoms with E-state index in [0.717, 1.165) is 55.8 Å². The van der Waals surface area contributed by atoms with E-state index in [0.29, 0.717) is 12.6 Å². The zero-order chi connectivity index (χ0) is 18.4. The van der Waals surface area contributed by atoms with Crippen LogP contribution >= 0.6 is 0 Å². The summed E-state index contributed by atoms with van der Waals surface area (Å²) >= 11 is 0. The first-order chi connectivity index (χ1) is 12.7. The normalized spacial score (nSPS) is 16.0. The van der Waals surface area contributed by atoms with Gasteiger partial charge in [0.2, 0.25) is 0 Å². The fraction of sp³-hybridized carbons (Fsp3) is 0.556. The van der Waals surface area contributed by atoms with Crippen molar-refractivity contribution in [1.82, 2.24) is 30.4 Å². The summed E-state index contributed by atoms with van der Waals surface area (Å²) in [4.78, 5) is 15.9. The van der Waals surface area contributed by atoms with Crippen molar-refractivity contribution in [2.45, 2.75) is 39.3 Å². The lowest BCUT2D eigenvalue weighted by Gasteiger charge is -2.34. The van der Waals surface area contributed by atoms with Crippen LogP contribution in [0.15, 0.2) is 29.5 Å². The summed E-state index contributed by atoms with van der Waals surface area (Å²) in [6, 6.07) is 6.61. The number of rotatable bonds is 5. The van der Waals surface area contributed by atoms with Gasteiger partial charge in [-0.3, -0.25) is 4.68 Å². The molecular formula is C18H28N8. The molecule has 0 saturated carbocycles. The lowest BCUT2D eigenvalue weighted by Crippen LogP contribution is -2.49. The molecule has 0 unspecified atom stereocenters. The van der Waals surface area contributed by atoms with Crippen LogP contribution in [0.5, 0.6) is 0 Å². The number of hydrogen-bond donors (Lipinski definition) is 2. The molecule has 0 aliphatic carbocycles. The van der Waals surface area contributed by atoms with Crippen LogP contribution in [0.3, 0.4) is 0 Å². The maximum Gasteiger partial charge on any atom is 0.191 e. The summed E-state index contributed by atoms with van der Waals surface area (Å²) < 4.78 is 1.75. The van der Waals surface area contributed by atoms with E-state index in [1.54, 1.807) is 11.0 Å². The third-order valence-corrected chi connectivity index (χ3v) is 4.56. The van der Waals surface area contributed by atoms with Gasteiger partial charge in [0, 0.05) is 38.4 Å². The highest BCUT2D eigenvalue weighted by Crippen LogP contribution is 2.18. The van der Waals surface area contributed by atoms with Crippen molar-refractivity contribution in [1.29, 1.82) is 0 Å². The van der Waals surface area contributed by atoms with E-state index in [1.165, 1.54) is 0 Å². The maximum absolute atomic E-state index is 4.64. The molecule has 8 heteroatoms. The van der Waals surface area contributed by atoms with Gasteiger partial charge in [-0.1, -0.05) is 6.07 Å². The van der Waals surface area contributed by atoms with Gasteiger partial charge < -0.3 is 15.5 Å². The Morgan fingerprint density at radius 3 is 2.77 bits per heavy atom. The zero-order valence-electron chi connectivity index (χ0n) is 15.8. The number of nitrogens with one attached hydrogen (secondary N) is 2. The van der Waals surface area contributed by atoms with Gasteiger partial charge in [0.15, 0.2) is 5.96 Å². The van der Waals surface area contributed by atoms with Gasteiger partial charge in [-0.05, 0) is 38.8 Å². The summed E-state index contributed by atoms with van der Waals surface area (Å²) in [5.74, 6) is 2.76. The molecule has 0 bridgehead atoms. The zero-order valence-corrected chi connectivity index (χ0v) is 15.8.